The third-order valence-corrected chi connectivity index (χ3v) is 2.74. The molecule has 3 N–H and O–H groups in total. The van der Waals surface area contributed by atoms with Crippen molar-refractivity contribution in [3.8, 4) is 0 Å². The van der Waals surface area contributed by atoms with Gasteiger partial charge in [-0.3, -0.25) is 9.59 Å². The molecule has 0 fully saturated rings. The lowest BCUT2D eigenvalue weighted by atomic mass is 9.95. The van der Waals surface area contributed by atoms with E-state index >= 15 is 0 Å². The van der Waals surface area contributed by atoms with Gasteiger partial charge in [0.05, 0.1) is 6.54 Å². The van der Waals surface area contributed by atoms with Crippen molar-refractivity contribution >= 4 is 23.2 Å². The Bertz CT molecular complexity index is 566. The van der Waals surface area contributed by atoms with Gasteiger partial charge in [0.25, 0.3) is 0 Å². The predicted octanol–water partition coefficient (Wildman–Crippen LogP) is 2.76. The SMILES string of the molecule is CC(C)(C)C(=O)Nc1cccc(NCC(=O)NCC(F)(F)F)c1. The fraction of sp³-hybridized carbons (Fsp3) is 0.467. The summed E-state index contributed by atoms with van der Waals surface area (Å²) >= 11 is 0. The molecule has 8 heteroatoms. The molecule has 0 spiro atoms. The van der Waals surface area contributed by atoms with E-state index in [-0.39, 0.29) is 12.5 Å². The Morgan fingerprint density at radius 3 is 2.26 bits per heavy atom. The van der Waals surface area contributed by atoms with Crippen molar-refractivity contribution in [1.29, 1.82) is 0 Å². The van der Waals surface area contributed by atoms with E-state index in [1.807, 2.05) is 0 Å². The van der Waals surface area contributed by atoms with E-state index in [0.717, 1.165) is 0 Å². The minimum absolute atomic E-state index is 0.169. The molecule has 0 saturated carbocycles. The summed E-state index contributed by atoms with van der Waals surface area (Å²) in [5, 5.41) is 7.19. The molecule has 0 heterocycles. The minimum Gasteiger partial charge on any atom is -0.376 e. The number of hydrogen-bond acceptors (Lipinski definition) is 3. The Hall–Kier alpha value is -2.25. The van der Waals surface area contributed by atoms with E-state index < -0.39 is 24.0 Å². The lowest BCUT2D eigenvalue weighted by Gasteiger charge is -2.18. The third-order valence-electron chi connectivity index (χ3n) is 2.74. The number of halogens is 3. The molecule has 23 heavy (non-hydrogen) atoms. The summed E-state index contributed by atoms with van der Waals surface area (Å²) in [5.41, 5.74) is 0.491. The van der Waals surface area contributed by atoms with Gasteiger partial charge in [-0.2, -0.15) is 13.2 Å². The van der Waals surface area contributed by atoms with E-state index in [0.29, 0.717) is 11.4 Å². The second-order valence-corrected chi connectivity index (χ2v) is 6.03. The van der Waals surface area contributed by atoms with Crippen LogP contribution in [-0.2, 0) is 9.59 Å². The molecule has 0 aliphatic carbocycles. The van der Waals surface area contributed by atoms with Crippen molar-refractivity contribution in [3.05, 3.63) is 24.3 Å². The Morgan fingerprint density at radius 2 is 1.70 bits per heavy atom. The summed E-state index contributed by atoms with van der Waals surface area (Å²) in [6.45, 7) is 3.65. The van der Waals surface area contributed by atoms with E-state index in [9.17, 15) is 22.8 Å². The number of nitrogens with one attached hydrogen (secondary N) is 3. The molecule has 2 amide bonds. The molecule has 1 aromatic carbocycles. The van der Waals surface area contributed by atoms with Gasteiger partial charge in [0.1, 0.15) is 6.54 Å². The van der Waals surface area contributed by atoms with Crippen LogP contribution in [0, 0.1) is 5.41 Å². The number of anilines is 2. The third kappa shape index (κ3) is 7.53. The fourth-order valence-corrected chi connectivity index (χ4v) is 1.47. The maximum absolute atomic E-state index is 12.0. The summed E-state index contributed by atoms with van der Waals surface area (Å²) in [6.07, 6.45) is -4.44. The molecule has 0 aliphatic rings. The topological polar surface area (TPSA) is 70.2 Å². The van der Waals surface area contributed by atoms with Crippen molar-refractivity contribution in [3.63, 3.8) is 0 Å². The summed E-state index contributed by atoms with van der Waals surface area (Å²) in [7, 11) is 0. The molecular formula is C15H20F3N3O2. The van der Waals surface area contributed by atoms with Crippen molar-refractivity contribution in [2.24, 2.45) is 5.41 Å². The van der Waals surface area contributed by atoms with Crippen molar-refractivity contribution < 1.29 is 22.8 Å². The second-order valence-electron chi connectivity index (χ2n) is 6.03. The number of benzene rings is 1. The van der Waals surface area contributed by atoms with Gasteiger partial charge < -0.3 is 16.0 Å². The molecule has 0 radical (unpaired) electrons. The molecule has 128 valence electrons. The largest absolute Gasteiger partial charge is 0.405 e. The number of alkyl halides is 3. The quantitative estimate of drug-likeness (QED) is 0.777. The Morgan fingerprint density at radius 1 is 1.09 bits per heavy atom. The van der Waals surface area contributed by atoms with Gasteiger partial charge in [-0.1, -0.05) is 26.8 Å². The minimum atomic E-state index is -4.44. The van der Waals surface area contributed by atoms with Crippen LogP contribution >= 0.6 is 0 Å². The van der Waals surface area contributed by atoms with Gasteiger partial charge in [-0.05, 0) is 18.2 Å². The van der Waals surface area contributed by atoms with E-state index in [2.05, 4.69) is 10.6 Å². The maximum Gasteiger partial charge on any atom is 0.405 e. The first kappa shape index (κ1) is 18.8. The van der Waals surface area contributed by atoms with Crippen LogP contribution in [0.5, 0.6) is 0 Å². The first-order valence-electron chi connectivity index (χ1n) is 6.96. The van der Waals surface area contributed by atoms with Crippen molar-refractivity contribution in [2.75, 3.05) is 23.7 Å². The number of carbonyl (C=O) groups excluding carboxylic acids is 2. The van der Waals surface area contributed by atoms with E-state index in [4.69, 9.17) is 0 Å². The normalized spacial score (nSPS) is 11.7. The molecule has 0 aliphatic heterocycles. The van der Waals surface area contributed by atoms with Gasteiger partial charge in [0, 0.05) is 16.8 Å². The van der Waals surface area contributed by atoms with Gasteiger partial charge in [0.15, 0.2) is 0 Å². The highest BCUT2D eigenvalue weighted by atomic mass is 19.4. The zero-order chi connectivity index (χ0) is 17.7. The smallest absolute Gasteiger partial charge is 0.376 e. The number of amides is 2. The zero-order valence-corrected chi connectivity index (χ0v) is 13.2. The lowest BCUT2D eigenvalue weighted by molar-refractivity contribution is -0.137. The molecule has 0 bridgehead atoms. The second kappa shape index (κ2) is 7.34. The van der Waals surface area contributed by atoms with Gasteiger partial charge in [-0.25, -0.2) is 0 Å². The predicted molar refractivity (Wildman–Crippen MR) is 82.1 cm³/mol. The molecule has 1 aromatic rings. The van der Waals surface area contributed by atoms with Crippen LogP contribution in [0.2, 0.25) is 0 Å². The Kier molecular flexibility index (Phi) is 6.00. The van der Waals surface area contributed by atoms with Gasteiger partial charge >= 0.3 is 6.18 Å². The van der Waals surface area contributed by atoms with Crippen LogP contribution < -0.4 is 16.0 Å². The van der Waals surface area contributed by atoms with Crippen LogP contribution in [0.3, 0.4) is 0 Å². The van der Waals surface area contributed by atoms with Crippen LogP contribution in [0.1, 0.15) is 20.8 Å². The average molecular weight is 331 g/mol. The van der Waals surface area contributed by atoms with Crippen LogP contribution in [0.15, 0.2) is 24.3 Å². The van der Waals surface area contributed by atoms with Crippen LogP contribution in [-0.4, -0.2) is 31.1 Å². The number of carbonyl (C=O) groups is 2. The first-order chi connectivity index (χ1) is 10.5. The van der Waals surface area contributed by atoms with Crippen molar-refractivity contribution in [2.45, 2.75) is 26.9 Å². The molecular weight excluding hydrogens is 311 g/mol. The summed E-state index contributed by atoms with van der Waals surface area (Å²) < 4.78 is 35.9. The Balaban J connectivity index is 2.54. The molecule has 0 aromatic heterocycles. The lowest BCUT2D eigenvalue weighted by Crippen LogP contribution is -2.37. The standard InChI is InChI=1S/C15H20F3N3O2/c1-14(2,3)13(23)21-11-6-4-5-10(7-11)19-8-12(22)20-9-15(16,17)18/h4-7,19H,8-9H2,1-3H3,(H,20,22)(H,21,23). The van der Waals surface area contributed by atoms with Crippen LogP contribution in [0.25, 0.3) is 0 Å². The van der Waals surface area contributed by atoms with Gasteiger partial charge in [-0.15, -0.1) is 0 Å². The molecule has 0 atom stereocenters. The van der Waals surface area contributed by atoms with Crippen LogP contribution in [0.4, 0.5) is 24.5 Å². The monoisotopic (exact) mass is 331 g/mol. The number of rotatable bonds is 5. The molecule has 0 saturated heterocycles. The summed E-state index contributed by atoms with van der Waals surface area (Å²) in [5.74, 6) is -0.941. The Labute approximate surface area is 132 Å². The molecule has 1 rings (SSSR count). The first-order valence-corrected chi connectivity index (χ1v) is 6.96. The van der Waals surface area contributed by atoms with Gasteiger partial charge in [0.2, 0.25) is 11.8 Å². The fourth-order valence-electron chi connectivity index (χ4n) is 1.47. The van der Waals surface area contributed by atoms with Crippen molar-refractivity contribution in [1.82, 2.24) is 5.32 Å². The zero-order valence-electron chi connectivity index (χ0n) is 13.2. The average Bonchev–Trinajstić information content (AvgIpc) is 2.41. The summed E-state index contributed by atoms with van der Waals surface area (Å²) in [6, 6.07) is 6.58. The highest BCUT2D eigenvalue weighted by Gasteiger charge is 2.27. The maximum atomic E-state index is 12.0. The molecule has 5 nitrogen and oxygen atoms in total. The highest BCUT2D eigenvalue weighted by Crippen LogP contribution is 2.20. The number of hydrogen-bond donors (Lipinski definition) is 3. The summed E-state index contributed by atoms with van der Waals surface area (Å²) in [4.78, 5) is 23.2. The van der Waals surface area contributed by atoms with E-state index in [1.54, 1.807) is 50.4 Å². The van der Waals surface area contributed by atoms with E-state index in [1.165, 1.54) is 0 Å². The highest BCUT2D eigenvalue weighted by molar-refractivity contribution is 5.95. The molecule has 0 unspecified atom stereocenters.